The number of carbonyl (C=O) groups is 2. The minimum Gasteiger partial charge on any atom is -0.368 e. The van der Waals surface area contributed by atoms with Gasteiger partial charge in [-0.15, -0.1) is 0 Å². The van der Waals surface area contributed by atoms with Gasteiger partial charge in [0.2, 0.25) is 0 Å². The van der Waals surface area contributed by atoms with E-state index in [2.05, 4.69) is 27.5 Å². The number of hydrogen-bond acceptors (Lipinski definition) is 3. The maximum atomic E-state index is 12.7. The van der Waals surface area contributed by atoms with Gasteiger partial charge in [-0.3, -0.25) is 9.59 Å². The van der Waals surface area contributed by atoms with Gasteiger partial charge in [0.15, 0.2) is 5.78 Å². The molecule has 0 unspecified atom stereocenters. The summed E-state index contributed by atoms with van der Waals surface area (Å²) in [4.78, 5) is 28.2. The summed E-state index contributed by atoms with van der Waals surface area (Å²) in [5.41, 5.74) is 2.45. The first-order valence-electron chi connectivity index (χ1n) is 8.06. The van der Waals surface area contributed by atoms with E-state index in [0.717, 1.165) is 22.3 Å². The quantitative estimate of drug-likeness (QED) is 0.503. The molecule has 1 saturated heterocycles. The van der Waals surface area contributed by atoms with Gasteiger partial charge in [0, 0.05) is 46.0 Å². The zero-order valence-electron chi connectivity index (χ0n) is 13.8. The van der Waals surface area contributed by atoms with Gasteiger partial charge in [-0.1, -0.05) is 11.6 Å². The number of anilines is 1. The maximum Gasteiger partial charge on any atom is 0.255 e. The highest BCUT2D eigenvalue weighted by Gasteiger charge is 2.23. The third-order valence-electron chi connectivity index (χ3n) is 4.36. The van der Waals surface area contributed by atoms with Gasteiger partial charge in [0.05, 0.1) is 5.56 Å². The average Bonchev–Trinajstić information content (AvgIpc) is 2.63. The summed E-state index contributed by atoms with van der Waals surface area (Å²) in [6.45, 7) is 4.42. The van der Waals surface area contributed by atoms with Gasteiger partial charge < -0.3 is 9.80 Å². The molecule has 1 aliphatic rings. The van der Waals surface area contributed by atoms with E-state index in [9.17, 15) is 9.59 Å². The van der Waals surface area contributed by atoms with Crippen LogP contribution in [-0.2, 0) is 0 Å². The van der Waals surface area contributed by atoms with Gasteiger partial charge >= 0.3 is 0 Å². The van der Waals surface area contributed by atoms with Crippen molar-refractivity contribution in [3.05, 3.63) is 62.2 Å². The van der Waals surface area contributed by atoms with Crippen molar-refractivity contribution in [1.82, 2.24) is 4.90 Å². The van der Waals surface area contributed by atoms with Crippen LogP contribution < -0.4 is 4.90 Å². The normalized spacial score (nSPS) is 14.5. The van der Waals surface area contributed by atoms with Crippen LogP contribution in [0.2, 0.25) is 5.02 Å². The van der Waals surface area contributed by atoms with Crippen molar-refractivity contribution >= 4 is 51.6 Å². The summed E-state index contributed by atoms with van der Waals surface area (Å²) in [6.07, 6.45) is 0. The van der Waals surface area contributed by atoms with Gasteiger partial charge in [-0.2, -0.15) is 0 Å². The fourth-order valence-electron chi connectivity index (χ4n) is 2.91. The van der Waals surface area contributed by atoms with E-state index in [4.69, 9.17) is 11.6 Å². The van der Waals surface area contributed by atoms with Crippen LogP contribution in [-0.4, -0.2) is 42.8 Å². The van der Waals surface area contributed by atoms with Crippen LogP contribution in [0, 0.1) is 3.57 Å². The Balaban J connectivity index is 1.66. The number of piperazine rings is 1. The lowest BCUT2D eigenvalue weighted by Crippen LogP contribution is -2.49. The molecule has 0 N–H and O–H groups in total. The van der Waals surface area contributed by atoms with Crippen LogP contribution in [0.25, 0.3) is 0 Å². The number of hydrogen-bond donors (Lipinski definition) is 0. The Kier molecular flexibility index (Phi) is 5.64. The van der Waals surface area contributed by atoms with Crippen LogP contribution in [0.4, 0.5) is 5.69 Å². The summed E-state index contributed by atoms with van der Waals surface area (Å²) in [5, 5.41) is 0.577. The molecule has 6 heteroatoms. The zero-order chi connectivity index (χ0) is 18.0. The number of halogens is 2. The van der Waals surface area contributed by atoms with Crippen molar-refractivity contribution in [2.24, 2.45) is 0 Å². The molecule has 0 aromatic heterocycles. The lowest BCUT2D eigenvalue weighted by molar-refractivity contribution is 0.0745. The largest absolute Gasteiger partial charge is 0.368 e. The van der Waals surface area contributed by atoms with E-state index < -0.39 is 0 Å². The molecule has 1 heterocycles. The molecule has 0 spiro atoms. The van der Waals surface area contributed by atoms with E-state index in [-0.39, 0.29) is 11.7 Å². The molecule has 0 radical (unpaired) electrons. The van der Waals surface area contributed by atoms with Crippen LogP contribution in [0.3, 0.4) is 0 Å². The topological polar surface area (TPSA) is 40.6 Å². The molecular formula is C19H18ClIN2O2. The first-order valence-corrected chi connectivity index (χ1v) is 9.51. The monoisotopic (exact) mass is 468 g/mol. The summed E-state index contributed by atoms with van der Waals surface area (Å²) in [6, 6.07) is 13.0. The summed E-state index contributed by atoms with van der Waals surface area (Å²) in [7, 11) is 0. The van der Waals surface area contributed by atoms with Crippen LogP contribution >= 0.6 is 34.2 Å². The summed E-state index contributed by atoms with van der Waals surface area (Å²) < 4.78 is 0.911. The first-order chi connectivity index (χ1) is 12.0. The van der Waals surface area contributed by atoms with Gasteiger partial charge in [0.25, 0.3) is 5.91 Å². The number of amides is 1. The Morgan fingerprint density at radius 3 is 2.24 bits per heavy atom. The van der Waals surface area contributed by atoms with Crippen molar-refractivity contribution in [2.75, 3.05) is 31.1 Å². The molecule has 2 aromatic carbocycles. The zero-order valence-corrected chi connectivity index (χ0v) is 16.8. The molecule has 25 heavy (non-hydrogen) atoms. The predicted molar refractivity (Wildman–Crippen MR) is 109 cm³/mol. The highest BCUT2D eigenvalue weighted by atomic mass is 127. The molecular weight excluding hydrogens is 451 g/mol. The molecule has 130 valence electrons. The van der Waals surface area contributed by atoms with E-state index in [1.807, 2.05) is 35.2 Å². The van der Waals surface area contributed by atoms with Crippen LogP contribution in [0.1, 0.15) is 27.6 Å². The lowest BCUT2D eigenvalue weighted by atomic mass is 10.1. The number of rotatable bonds is 3. The summed E-state index contributed by atoms with van der Waals surface area (Å²) >= 11 is 8.20. The second-order valence-corrected chi connectivity index (χ2v) is 7.61. The molecule has 1 amide bonds. The second-order valence-electron chi connectivity index (χ2n) is 6.01. The van der Waals surface area contributed by atoms with Gasteiger partial charge in [-0.25, -0.2) is 0 Å². The van der Waals surface area contributed by atoms with E-state index >= 15 is 0 Å². The SMILES string of the molecule is CC(=O)c1ccc(N2CCN(C(=O)c3cc(Cl)ccc3I)CC2)cc1. The molecule has 1 fully saturated rings. The molecule has 3 rings (SSSR count). The highest BCUT2D eigenvalue weighted by Crippen LogP contribution is 2.22. The van der Waals surface area contributed by atoms with Crippen LogP contribution in [0.15, 0.2) is 42.5 Å². The van der Waals surface area contributed by atoms with Crippen molar-refractivity contribution in [2.45, 2.75) is 6.92 Å². The Morgan fingerprint density at radius 2 is 1.64 bits per heavy atom. The minimum absolute atomic E-state index is 0.0264. The van der Waals surface area contributed by atoms with Crippen molar-refractivity contribution in [1.29, 1.82) is 0 Å². The van der Waals surface area contributed by atoms with Crippen LogP contribution in [0.5, 0.6) is 0 Å². The van der Waals surface area contributed by atoms with Crippen molar-refractivity contribution in [3.63, 3.8) is 0 Å². The number of Topliss-reactive ketones (excluding diaryl/α,β-unsaturated/α-hetero) is 1. The number of nitrogens with zero attached hydrogens (tertiary/aromatic N) is 2. The Bertz CT molecular complexity index is 800. The first kappa shape index (κ1) is 18.2. The number of carbonyl (C=O) groups excluding carboxylic acids is 2. The fraction of sp³-hybridized carbons (Fsp3) is 0.263. The second kappa shape index (κ2) is 7.74. The Morgan fingerprint density at radius 1 is 1.00 bits per heavy atom. The number of ketones is 1. The molecule has 4 nitrogen and oxygen atoms in total. The third kappa shape index (κ3) is 4.15. The van der Waals surface area contributed by atoms with Gasteiger partial charge in [-0.05, 0) is 72.0 Å². The third-order valence-corrected chi connectivity index (χ3v) is 5.54. The predicted octanol–water partition coefficient (Wildman–Crippen LogP) is 4.11. The Labute approximate surface area is 165 Å². The summed E-state index contributed by atoms with van der Waals surface area (Å²) in [5.74, 6) is 0.0940. The average molecular weight is 469 g/mol. The van der Waals surface area contributed by atoms with Crippen molar-refractivity contribution < 1.29 is 9.59 Å². The molecule has 0 aliphatic carbocycles. The molecule has 1 aliphatic heterocycles. The van der Waals surface area contributed by atoms with Gasteiger partial charge in [0.1, 0.15) is 0 Å². The number of benzene rings is 2. The molecule has 0 saturated carbocycles. The Hall–Kier alpha value is -1.60. The lowest BCUT2D eigenvalue weighted by Gasteiger charge is -2.36. The smallest absolute Gasteiger partial charge is 0.255 e. The standard InChI is InChI=1S/C19H18ClIN2O2/c1-13(24)14-2-5-16(6-3-14)22-8-10-23(11-9-22)19(25)17-12-15(20)4-7-18(17)21/h2-7,12H,8-11H2,1H3. The van der Waals surface area contributed by atoms with E-state index in [1.54, 1.807) is 19.1 Å². The van der Waals surface area contributed by atoms with E-state index in [1.165, 1.54) is 0 Å². The molecule has 0 bridgehead atoms. The van der Waals surface area contributed by atoms with E-state index in [0.29, 0.717) is 29.2 Å². The maximum absolute atomic E-state index is 12.7. The fourth-order valence-corrected chi connectivity index (χ4v) is 3.64. The molecule has 2 aromatic rings. The minimum atomic E-state index is 0.0264. The highest BCUT2D eigenvalue weighted by molar-refractivity contribution is 14.1. The van der Waals surface area contributed by atoms with Crippen molar-refractivity contribution in [3.8, 4) is 0 Å². The molecule has 0 atom stereocenters.